The lowest BCUT2D eigenvalue weighted by molar-refractivity contribution is -0.128. The molecule has 7 heteroatoms. The number of amides is 2. The number of H-pyrrole nitrogens is 1. The summed E-state index contributed by atoms with van der Waals surface area (Å²) in [6, 6.07) is 25.2. The molecule has 3 N–H and O–H groups in total. The van der Waals surface area contributed by atoms with Gasteiger partial charge in [0.25, 0.3) is 0 Å². The van der Waals surface area contributed by atoms with Gasteiger partial charge in [-0.25, -0.2) is 0 Å². The number of benzene rings is 3. The van der Waals surface area contributed by atoms with E-state index < -0.39 is 12.2 Å². The van der Waals surface area contributed by atoms with Gasteiger partial charge in [-0.05, 0) is 24.6 Å². The first kappa shape index (κ1) is 23.4. The maximum atomic E-state index is 13.1. The van der Waals surface area contributed by atoms with E-state index in [-0.39, 0.29) is 18.2 Å². The van der Waals surface area contributed by atoms with Crippen LogP contribution in [0.1, 0.15) is 23.6 Å². The Labute approximate surface area is 210 Å². The standard InChI is InChI=1S/C29H29N5O2/c1-19(31-27(35)16-21-17-30-24-14-8-6-12-22(21)24)29(36)33-26-18-34(2)25-15-9-7-13-23(25)28(32-26)20-10-4-3-5-11-20/h3-15,17,19,26,30H,16,18H2,1-2H3,(H,31,35)(H,33,36)/t19-,26+/m0/s1. The van der Waals surface area contributed by atoms with Gasteiger partial charge in [0.2, 0.25) is 11.8 Å². The van der Waals surface area contributed by atoms with Gasteiger partial charge in [-0.2, -0.15) is 0 Å². The van der Waals surface area contributed by atoms with Gasteiger partial charge in [0.15, 0.2) is 0 Å². The van der Waals surface area contributed by atoms with E-state index in [1.54, 1.807) is 6.92 Å². The molecule has 2 amide bonds. The maximum absolute atomic E-state index is 13.1. The van der Waals surface area contributed by atoms with Crippen molar-refractivity contribution in [1.29, 1.82) is 0 Å². The Kier molecular flexibility index (Phi) is 6.54. The Morgan fingerprint density at radius 2 is 1.75 bits per heavy atom. The molecule has 0 bridgehead atoms. The number of para-hydroxylation sites is 2. The Morgan fingerprint density at radius 3 is 2.58 bits per heavy atom. The molecule has 0 spiro atoms. The molecule has 182 valence electrons. The molecule has 1 aromatic heterocycles. The van der Waals surface area contributed by atoms with E-state index >= 15 is 0 Å². The molecule has 1 aliphatic heterocycles. The van der Waals surface area contributed by atoms with E-state index in [2.05, 4.69) is 32.7 Å². The van der Waals surface area contributed by atoms with Crippen LogP contribution in [-0.2, 0) is 16.0 Å². The van der Waals surface area contributed by atoms with Gasteiger partial charge in [-0.1, -0.05) is 66.7 Å². The second kappa shape index (κ2) is 10.1. The summed E-state index contributed by atoms with van der Waals surface area (Å²) >= 11 is 0. The third-order valence-electron chi connectivity index (χ3n) is 6.45. The van der Waals surface area contributed by atoms with Gasteiger partial charge in [0.05, 0.1) is 18.7 Å². The summed E-state index contributed by atoms with van der Waals surface area (Å²) in [5.41, 5.74) is 5.77. The lowest BCUT2D eigenvalue weighted by Gasteiger charge is -2.24. The highest BCUT2D eigenvalue weighted by molar-refractivity contribution is 6.16. The molecule has 2 heterocycles. The minimum atomic E-state index is -0.700. The zero-order chi connectivity index (χ0) is 25.1. The van der Waals surface area contributed by atoms with Crippen LogP contribution in [0.5, 0.6) is 0 Å². The Hall–Kier alpha value is -4.39. The van der Waals surface area contributed by atoms with Crippen molar-refractivity contribution in [3.8, 4) is 0 Å². The van der Waals surface area contributed by atoms with Crippen molar-refractivity contribution < 1.29 is 9.59 Å². The number of nitrogens with one attached hydrogen (secondary N) is 3. The Bertz CT molecular complexity index is 1430. The number of aromatic nitrogens is 1. The fourth-order valence-electron chi connectivity index (χ4n) is 4.63. The molecular formula is C29H29N5O2. The second-order valence-electron chi connectivity index (χ2n) is 9.09. The minimum absolute atomic E-state index is 0.194. The number of aromatic amines is 1. The first-order chi connectivity index (χ1) is 17.5. The Balaban J connectivity index is 1.30. The van der Waals surface area contributed by atoms with Gasteiger partial charge in [0.1, 0.15) is 12.2 Å². The topological polar surface area (TPSA) is 89.6 Å². The summed E-state index contributed by atoms with van der Waals surface area (Å²) in [4.78, 5) is 36.0. The molecule has 7 nitrogen and oxygen atoms in total. The van der Waals surface area contributed by atoms with E-state index in [1.807, 2.05) is 80.0 Å². The average molecular weight is 480 g/mol. The number of anilines is 1. The van der Waals surface area contributed by atoms with E-state index in [0.29, 0.717) is 6.54 Å². The maximum Gasteiger partial charge on any atom is 0.243 e. The number of aliphatic imine (C=N–C) groups is 1. The molecule has 0 radical (unpaired) electrons. The molecule has 0 fully saturated rings. The van der Waals surface area contributed by atoms with E-state index in [0.717, 1.165) is 39.0 Å². The fourth-order valence-corrected chi connectivity index (χ4v) is 4.63. The molecular weight excluding hydrogens is 450 g/mol. The van der Waals surface area contributed by atoms with Crippen molar-refractivity contribution in [1.82, 2.24) is 15.6 Å². The summed E-state index contributed by atoms with van der Waals surface area (Å²) in [6.07, 6.45) is 1.56. The number of hydrogen-bond acceptors (Lipinski definition) is 4. The predicted octanol–water partition coefficient (Wildman–Crippen LogP) is 3.64. The van der Waals surface area contributed by atoms with Crippen LogP contribution in [0.15, 0.2) is 90.1 Å². The monoisotopic (exact) mass is 479 g/mol. The van der Waals surface area contributed by atoms with Crippen LogP contribution in [0.3, 0.4) is 0 Å². The SMILES string of the molecule is C[C@H](NC(=O)Cc1c[nH]c2ccccc12)C(=O)N[C@@H]1CN(C)c2ccccc2C(c2ccccc2)=N1. The zero-order valence-electron chi connectivity index (χ0n) is 20.4. The summed E-state index contributed by atoms with van der Waals surface area (Å²) < 4.78 is 0. The number of carbonyl (C=O) groups is 2. The number of rotatable bonds is 6. The van der Waals surface area contributed by atoms with Crippen molar-refractivity contribution >= 4 is 34.1 Å². The van der Waals surface area contributed by atoms with Crippen molar-refractivity contribution in [3.63, 3.8) is 0 Å². The number of fused-ring (bicyclic) bond motifs is 2. The largest absolute Gasteiger partial charge is 0.370 e. The molecule has 0 aliphatic carbocycles. The van der Waals surface area contributed by atoms with Crippen LogP contribution in [0.4, 0.5) is 5.69 Å². The summed E-state index contributed by atoms with van der Waals surface area (Å²) in [7, 11) is 1.99. The van der Waals surface area contributed by atoms with Crippen molar-refractivity contribution in [2.45, 2.75) is 25.6 Å². The quantitative estimate of drug-likeness (QED) is 0.394. The Morgan fingerprint density at radius 1 is 1.03 bits per heavy atom. The van der Waals surface area contributed by atoms with Crippen LogP contribution in [0, 0.1) is 0 Å². The lowest BCUT2D eigenvalue weighted by atomic mass is 10.0. The summed E-state index contributed by atoms with van der Waals surface area (Å²) in [6.45, 7) is 2.20. The minimum Gasteiger partial charge on any atom is -0.370 e. The zero-order valence-corrected chi connectivity index (χ0v) is 20.4. The highest BCUT2D eigenvalue weighted by Crippen LogP contribution is 2.26. The van der Waals surface area contributed by atoms with Crippen LogP contribution in [0.25, 0.3) is 10.9 Å². The number of hydrogen-bond donors (Lipinski definition) is 3. The van der Waals surface area contributed by atoms with Crippen LogP contribution < -0.4 is 15.5 Å². The van der Waals surface area contributed by atoms with Gasteiger partial charge in [0, 0.05) is 41.0 Å². The van der Waals surface area contributed by atoms with Crippen molar-refractivity contribution in [2.24, 2.45) is 4.99 Å². The van der Waals surface area contributed by atoms with Crippen molar-refractivity contribution in [3.05, 3.63) is 102 Å². The van der Waals surface area contributed by atoms with E-state index in [1.165, 1.54) is 0 Å². The van der Waals surface area contributed by atoms with Gasteiger partial charge in [-0.3, -0.25) is 14.6 Å². The fraction of sp³-hybridized carbons (Fsp3) is 0.207. The first-order valence-corrected chi connectivity index (χ1v) is 12.1. The molecule has 0 saturated carbocycles. The van der Waals surface area contributed by atoms with E-state index in [9.17, 15) is 9.59 Å². The predicted molar refractivity (Wildman–Crippen MR) is 143 cm³/mol. The van der Waals surface area contributed by atoms with Gasteiger partial charge >= 0.3 is 0 Å². The van der Waals surface area contributed by atoms with Gasteiger partial charge < -0.3 is 20.5 Å². The number of nitrogens with zero attached hydrogens (tertiary/aromatic N) is 2. The molecule has 0 saturated heterocycles. The molecule has 5 rings (SSSR count). The lowest BCUT2D eigenvalue weighted by Crippen LogP contribution is -2.50. The van der Waals surface area contributed by atoms with Crippen LogP contribution >= 0.6 is 0 Å². The number of carbonyl (C=O) groups excluding carboxylic acids is 2. The normalized spacial score (nSPS) is 16.0. The smallest absolute Gasteiger partial charge is 0.243 e. The summed E-state index contributed by atoms with van der Waals surface area (Å²) in [5, 5.41) is 6.87. The summed E-state index contributed by atoms with van der Waals surface area (Å²) in [5.74, 6) is -0.482. The van der Waals surface area contributed by atoms with Crippen LogP contribution in [-0.4, -0.2) is 48.3 Å². The number of likely N-dealkylation sites (N-methyl/N-ethyl adjacent to an activating group) is 1. The highest BCUT2D eigenvalue weighted by atomic mass is 16.2. The third-order valence-corrected chi connectivity index (χ3v) is 6.45. The molecule has 4 aromatic rings. The van der Waals surface area contributed by atoms with E-state index in [4.69, 9.17) is 4.99 Å². The molecule has 2 atom stereocenters. The van der Waals surface area contributed by atoms with Crippen LogP contribution in [0.2, 0.25) is 0 Å². The molecule has 36 heavy (non-hydrogen) atoms. The highest BCUT2D eigenvalue weighted by Gasteiger charge is 2.25. The molecule has 3 aromatic carbocycles. The van der Waals surface area contributed by atoms with Crippen molar-refractivity contribution in [2.75, 3.05) is 18.5 Å². The number of benzodiazepines with no additional fused rings is 1. The molecule has 0 unspecified atom stereocenters. The first-order valence-electron chi connectivity index (χ1n) is 12.1. The second-order valence-corrected chi connectivity index (χ2v) is 9.09. The average Bonchev–Trinajstić information content (AvgIpc) is 3.23. The molecule has 1 aliphatic rings. The van der Waals surface area contributed by atoms with Gasteiger partial charge in [-0.15, -0.1) is 0 Å². The third kappa shape index (κ3) is 4.86.